The minimum Gasteiger partial charge on any atom is -0.377 e. The maximum Gasteiger partial charge on any atom is 0.225 e. The molecule has 2 rings (SSSR count). The fourth-order valence-electron chi connectivity index (χ4n) is 3.76. The molecule has 0 aliphatic carbocycles. The Kier molecular flexibility index (Phi) is 9.67. The van der Waals surface area contributed by atoms with Gasteiger partial charge in [-0.25, -0.2) is 0 Å². The molecule has 0 unspecified atom stereocenters. The molecule has 0 aromatic heterocycles. The highest BCUT2D eigenvalue weighted by Crippen LogP contribution is 2.17. The topological polar surface area (TPSA) is 66.0 Å². The number of piperidine rings is 1. The van der Waals surface area contributed by atoms with Crippen molar-refractivity contribution in [2.75, 3.05) is 39.4 Å². The molecule has 1 amide bonds. The van der Waals surface area contributed by atoms with Crippen LogP contribution in [0.15, 0.2) is 16.6 Å². The highest BCUT2D eigenvalue weighted by Gasteiger charge is 2.26. The number of amides is 1. The van der Waals surface area contributed by atoms with Crippen molar-refractivity contribution in [3.63, 3.8) is 0 Å². The highest BCUT2D eigenvalue weighted by atomic mass is 16.5. The number of aliphatic imine (C=N–C) groups is 1. The Morgan fingerprint density at radius 1 is 1.30 bits per heavy atom. The molecule has 0 radical (unpaired) electrons. The van der Waals surface area contributed by atoms with E-state index in [0.717, 1.165) is 83.9 Å². The summed E-state index contributed by atoms with van der Waals surface area (Å²) in [4.78, 5) is 19.3. The van der Waals surface area contributed by atoms with Gasteiger partial charge < -0.3 is 20.3 Å². The predicted octanol–water partition coefficient (Wildman–Crippen LogP) is 2.71. The van der Waals surface area contributed by atoms with Crippen LogP contribution in [0.5, 0.6) is 0 Å². The number of hydrogen-bond acceptors (Lipinski definition) is 3. The number of likely N-dealkylation sites (tertiary alicyclic amines) is 1. The van der Waals surface area contributed by atoms with Crippen molar-refractivity contribution in [1.82, 2.24) is 15.5 Å². The lowest BCUT2D eigenvalue weighted by atomic mass is 9.98. The Morgan fingerprint density at radius 2 is 2.04 bits per heavy atom. The smallest absolute Gasteiger partial charge is 0.225 e. The highest BCUT2D eigenvalue weighted by molar-refractivity contribution is 5.80. The molecule has 0 aromatic rings. The maximum atomic E-state index is 12.5. The van der Waals surface area contributed by atoms with Crippen LogP contribution in [0.4, 0.5) is 0 Å². The third-order valence-corrected chi connectivity index (χ3v) is 5.59. The molecule has 1 fully saturated rings. The molecule has 6 nitrogen and oxygen atoms in total. The normalized spacial score (nSPS) is 19.2. The SMILES string of the molecule is CCNC(=NCCC1=CCOCC1)NC1CCN(C(=O)C(CC)CC)CC1. The zero-order valence-corrected chi connectivity index (χ0v) is 17.4. The van der Waals surface area contributed by atoms with Gasteiger partial charge in [0.05, 0.1) is 13.2 Å². The molecule has 0 bridgehead atoms. The second-order valence-electron chi connectivity index (χ2n) is 7.46. The van der Waals surface area contributed by atoms with Crippen molar-refractivity contribution < 1.29 is 9.53 Å². The molecule has 2 aliphatic rings. The lowest BCUT2D eigenvalue weighted by Gasteiger charge is -2.34. The van der Waals surface area contributed by atoms with Gasteiger partial charge in [-0.05, 0) is 45.4 Å². The van der Waals surface area contributed by atoms with Crippen LogP contribution in [-0.2, 0) is 9.53 Å². The lowest BCUT2D eigenvalue weighted by Crippen LogP contribution is -2.50. The third kappa shape index (κ3) is 7.17. The fourth-order valence-corrected chi connectivity index (χ4v) is 3.76. The molecule has 154 valence electrons. The van der Waals surface area contributed by atoms with Gasteiger partial charge in [0.1, 0.15) is 0 Å². The van der Waals surface area contributed by atoms with Gasteiger partial charge in [-0.1, -0.05) is 25.5 Å². The molecular weight excluding hydrogens is 340 g/mol. The van der Waals surface area contributed by atoms with Gasteiger partial charge in [0.2, 0.25) is 5.91 Å². The molecule has 0 aromatic carbocycles. The van der Waals surface area contributed by atoms with Crippen molar-refractivity contribution in [2.24, 2.45) is 10.9 Å². The van der Waals surface area contributed by atoms with Crippen LogP contribution in [0.2, 0.25) is 0 Å². The van der Waals surface area contributed by atoms with Crippen molar-refractivity contribution in [3.05, 3.63) is 11.6 Å². The number of nitrogens with zero attached hydrogens (tertiary/aromatic N) is 2. The van der Waals surface area contributed by atoms with Crippen molar-refractivity contribution in [2.45, 2.75) is 65.3 Å². The first-order chi connectivity index (χ1) is 13.2. The first kappa shape index (κ1) is 21.7. The largest absolute Gasteiger partial charge is 0.377 e. The molecule has 0 atom stereocenters. The summed E-state index contributed by atoms with van der Waals surface area (Å²) in [6.07, 6.45) is 8.06. The van der Waals surface area contributed by atoms with Crippen molar-refractivity contribution in [1.29, 1.82) is 0 Å². The monoisotopic (exact) mass is 378 g/mol. The fraction of sp³-hybridized carbons (Fsp3) is 0.810. The second kappa shape index (κ2) is 12.0. The zero-order valence-electron chi connectivity index (χ0n) is 17.4. The van der Waals surface area contributed by atoms with Crippen LogP contribution in [0, 0.1) is 5.92 Å². The van der Waals surface area contributed by atoms with Crippen molar-refractivity contribution in [3.8, 4) is 0 Å². The molecule has 27 heavy (non-hydrogen) atoms. The van der Waals surface area contributed by atoms with E-state index in [0.29, 0.717) is 11.9 Å². The average Bonchev–Trinajstić information content (AvgIpc) is 2.70. The van der Waals surface area contributed by atoms with Gasteiger partial charge in [-0.2, -0.15) is 0 Å². The Labute approximate surface area is 164 Å². The van der Waals surface area contributed by atoms with Crippen LogP contribution in [0.3, 0.4) is 0 Å². The number of hydrogen-bond donors (Lipinski definition) is 2. The van der Waals surface area contributed by atoms with Gasteiger partial charge in [0, 0.05) is 38.1 Å². The van der Waals surface area contributed by atoms with E-state index in [1.54, 1.807) is 0 Å². The van der Waals surface area contributed by atoms with Crippen LogP contribution < -0.4 is 10.6 Å². The summed E-state index contributed by atoms with van der Waals surface area (Å²) in [5.41, 5.74) is 1.45. The summed E-state index contributed by atoms with van der Waals surface area (Å²) in [6, 6.07) is 0.385. The van der Waals surface area contributed by atoms with E-state index < -0.39 is 0 Å². The Morgan fingerprint density at radius 3 is 2.63 bits per heavy atom. The van der Waals surface area contributed by atoms with Crippen LogP contribution in [-0.4, -0.2) is 62.2 Å². The molecule has 2 N–H and O–H groups in total. The minimum atomic E-state index is 0.188. The summed E-state index contributed by atoms with van der Waals surface area (Å²) in [5.74, 6) is 1.42. The molecular formula is C21H38N4O2. The molecule has 6 heteroatoms. The molecule has 1 saturated heterocycles. The third-order valence-electron chi connectivity index (χ3n) is 5.59. The summed E-state index contributed by atoms with van der Waals surface area (Å²) < 4.78 is 5.36. The molecule has 2 aliphatic heterocycles. The summed E-state index contributed by atoms with van der Waals surface area (Å²) >= 11 is 0. The maximum absolute atomic E-state index is 12.5. The number of carbonyl (C=O) groups is 1. The van der Waals surface area contributed by atoms with Gasteiger partial charge in [-0.3, -0.25) is 9.79 Å². The summed E-state index contributed by atoms with van der Waals surface area (Å²) in [7, 11) is 0. The van der Waals surface area contributed by atoms with E-state index >= 15 is 0 Å². The summed E-state index contributed by atoms with van der Waals surface area (Å²) in [6.45, 7) is 11.2. The minimum absolute atomic E-state index is 0.188. The number of carbonyl (C=O) groups excluding carboxylic acids is 1. The van der Waals surface area contributed by atoms with E-state index in [1.165, 1.54) is 5.57 Å². The zero-order chi connectivity index (χ0) is 19.5. The number of rotatable bonds is 8. The van der Waals surface area contributed by atoms with Gasteiger partial charge in [-0.15, -0.1) is 0 Å². The van der Waals surface area contributed by atoms with Gasteiger partial charge in [0.25, 0.3) is 0 Å². The van der Waals surface area contributed by atoms with E-state index in [4.69, 9.17) is 9.73 Å². The van der Waals surface area contributed by atoms with E-state index in [2.05, 4.69) is 42.4 Å². The number of guanidine groups is 1. The van der Waals surface area contributed by atoms with Crippen molar-refractivity contribution >= 4 is 11.9 Å². The van der Waals surface area contributed by atoms with Gasteiger partial charge >= 0.3 is 0 Å². The second-order valence-corrected chi connectivity index (χ2v) is 7.46. The quantitative estimate of drug-likeness (QED) is 0.387. The average molecular weight is 379 g/mol. The number of ether oxygens (including phenoxy) is 1. The molecule has 0 saturated carbocycles. The first-order valence-corrected chi connectivity index (χ1v) is 10.8. The molecule has 2 heterocycles. The standard InChI is InChI=1S/C21H38N4O2/c1-4-18(5-2)20(26)25-13-8-19(9-14-25)24-21(22-6-3)23-12-7-17-10-15-27-16-11-17/h10,18-19H,4-9,11-16H2,1-3H3,(H2,22,23,24). The predicted molar refractivity (Wildman–Crippen MR) is 111 cm³/mol. The van der Waals surface area contributed by atoms with Crippen LogP contribution in [0.1, 0.15) is 59.3 Å². The molecule has 0 spiro atoms. The van der Waals surface area contributed by atoms with Crippen LogP contribution in [0.25, 0.3) is 0 Å². The Balaban J connectivity index is 1.78. The van der Waals surface area contributed by atoms with Crippen LogP contribution >= 0.6 is 0 Å². The number of nitrogens with one attached hydrogen (secondary N) is 2. The Bertz CT molecular complexity index is 506. The van der Waals surface area contributed by atoms with E-state index in [9.17, 15) is 4.79 Å². The van der Waals surface area contributed by atoms with Gasteiger partial charge in [0.15, 0.2) is 5.96 Å². The Hall–Kier alpha value is -1.56. The first-order valence-electron chi connectivity index (χ1n) is 10.8. The van der Waals surface area contributed by atoms with E-state index in [-0.39, 0.29) is 5.92 Å². The lowest BCUT2D eigenvalue weighted by molar-refractivity contribution is -0.136. The van der Waals surface area contributed by atoms with E-state index in [1.807, 2.05) is 0 Å². The summed E-state index contributed by atoms with van der Waals surface area (Å²) in [5, 5.41) is 6.92.